The van der Waals surface area contributed by atoms with Crippen LogP contribution >= 0.6 is 0 Å². The van der Waals surface area contributed by atoms with Crippen LogP contribution in [-0.2, 0) is 0 Å². The van der Waals surface area contributed by atoms with E-state index < -0.39 is 166 Å². The molecule has 6 aromatic rings. The van der Waals surface area contributed by atoms with E-state index in [-0.39, 0.29) is 0 Å². The van der Waals surface area contributed by atoms with Gasteiger partial charge in [0.15, 0.2) is 93.1 Å². The highest BCUT2D eigenvalue weighted by atomic mass is 19.2. The molecule has 0 heterocycles. The molecular formula is C28BF19. The van der Waals surface area contributed by atoms with Gasteiger partial charge in [0.2, 0.25) is 0 Å². The first-order chi connectivity index (χ1) is 22.3. The molecule has 0 fully saturated rings. The summed E-state index contributed by atoms with van der Waals surface area (Å²) in [5, 5.41) is -19.1. The lowest BCUT2D eigenvalue weighted by Crippen LogP contribution is -2.44. The van der Waals surface area contributed by atoms with Crippen LogP contribution in [0.4, 0.5) is 83.3 Å². The largest absolute Gasteiger partial charge is 0.420 e. The molecule has 0 aliphatic carbocycles. The van der Waals surface area contributed by atoms with Crippen molar-refractivity contribution in [3.63, 3.8) is 0 Å². The second-order valence-corrected chi connectivity index (χ2v) is 9.84. The lowest BCUT2D eigenvalue weighted by Gasteiger charge is -2.20. The molecule has 0 unspecified atom stereocenters. The van der Waals surface area contributed by atoms with Crippen LogP contribution in [0.25, 0.3) is 43.1 Å². The average Bonchev–Trinajstić information content (AvgIpc) is 3.05. The molecule has 0 aliphatic rings. The van der Waals surface area contributed by atoms with E-state index >= 15 is 30.7 Å². The van der Waals surface area contributed by atoms with Gasteiger partial charge in [0.05, 0.1) is 10.8 Å². The minimum atomic E-state index is -4.45. The van der Waals surface area contributed by atoms with Crippen LogP contribution in [0.2, 0.25) is 0 Å². The van der Waals surface area contributed by atoms with E-state index in [1.165, 1.54) is 0 Å². The predicted octanol–water partition coefficient (Wildman–Crippen LogP) is 8.88. The van der Waals surface area contributed by atoms with Crippen molar-refractivity contribution in [1.82, 2.24) is 0 Å². The summed E-state index contributed by atoms with van der Waals surface area (Å²) in [6.45, 7) is -4.45. The summed E-state index contributed by atoms with van der Waals surface area (Å²) in [6.07, 6.45) is 0. The molecule has 0 atom stereocenters. The van der Waals surface area contributed by atoms with E-state index in [1.54, 1.807) is 0 Å². The SMILES string of the molecule is FB(c1c(F)c2c(F)c(F)c(F)c(F)c2c2c(F)c(F)c(F)c(F)c12)c1c(F)c2c(F)c(F)c(F)c(F)c2c2c(F)c(F)c(F)c(F)c12. The van der Waals surface area contributed by atoms with Gasteiger partial charge in [-0.15, -0.1) is 0 Å². The average molecular weight is 708 g/mol. The molecule has 48 heavy (non-hydrogen) atoms. The lowest BCUT2D eigenvalue weighted by atomic mass is 9.55. The maximum Gasteiger partial charge on any atom is 0.420 e. The van der Waals surface area contributed by atoms with Crippen molar-refractivity contribution in [2.45, 2.75) is 0 Å². The first kappa shape index (κ1) is 33.0. The Kier molecular flexibility index (Phi) is 7.25. The van der Waals surface area contributed by atoms with E-state index in [0.717, 1.165) is 0 Å². The molecule has 0 bridgehead atoms. The van der Waals surface area contributed by atoms with Crippen molar-refractivity contribution in [3.05, 3.63) is 105 Å². The number of hydrogen-bond donors (Lipinski definition) is 0. The van der Waals surface area contributed by atoms with Gasteiger partial charge in [-0.05, 0) is 0 Å². The Hall–Kier alpha value is -4.91. The van der Waals surface area contributed by atoms with Crippen LogP contribution in [0.15, 0.2) is 0 Å². The molecule has 0 saturated carbocycles. The van der Waals surface area contributed by atoms with Crippen LogP contribution in [0.5, 0.6) is 0 Å². The van der Waals surface area contributed by atoms with Gasteiger partial charge in [-0.1, -0.05) is 0 Å². The fourth-order valence-electron chi connectivity index (χ4n) is 5.49. The van der Waals surface area contributed by atoms with Crippen LogP contribution in [0, 0.1) is 105 Å². The van der Waals surface area contributed by atoms with Crippen LogP contribution in [-0.4, -0.2) is 6.99 Å². The highest BCUT2D eigenvalue weighted by molar-refractivity contribution is 6.84. The summed E-state index contributed by atoms with van der Waals surface area (Å²) < 4.78 is 282. The molecule has 0 amide bonds. The van der Waals surface area contributed by atoms with Gasteiger partial charge in [0.25, 0.3) is 0 Å². The Bertz CT molecular complexity index is 2340. The number of hydrogen-bond acceptors (Lipinski definition) is 0. The van der Waals surface area contributed by atoms with Gasteiger partial charge in [0, 0.05) is 43.2 Å². The van der Waals surface area contributed by atoms with Crippen molar-refractivity contribution in [3.8, 4) is 0 Å². The molecule has 20 heteroatoms. The van der Waals surface area contributed by atoms with Gasteiger partial charge in [-0.2, -0.15) is 0 Å². The fourth-order valence-corrected chi connectivity index (χ4v) is 5.49. The normalized spacial score (nSPS) is 12.1. The van der Waals surface area contributed by atoms with Crippen LogP contribution < -0.4 is 10.9 Å². The maximum absolute atomic E-state index is 16.6. The molecule has 6 aromatic carbocycles. The first-order valence-corrected chi connectivity index (χ1v) is 12.2. The van der Waals surface area contributed by atoms with E-state index in [1.807, 2.05) is 0 Å². The number of rotatable bonds is 2. The van der Waals surface area contributed by atoms with Gasteiger partial charge in [-0.25, -0.2) is 79.0 Å². The van der Waals surface area contributed by atoms with Gasteiger partial charge in [0.1, 0.15) is 11.6 Å². The molecule has 0 aromatic heterocycles. The minimum Gasteiger partial charge on any atom is -0.322 e. The topological polar surface area (TPSA) is 0 Å². The molecule has 0 saturated heterocycles. The van der Waals surface area contributed by atoms with Crippen molar-refractivity contribution in [2.24, 2.45) is 0 Å². The quantitative estimate of drug-likeness (QED) is 0.0555. The molecule has 248 valence electrons. The van der Waals surface area contributed by atoms with Crippen LogP contribution in [0.3, 0.4) is 0 Å². The Morgan fingerprint density at radius 2 is 0.354 bits per heavy atom. The highest BCUT2D eigenvalue weighted by Crippen LogP contribution is 2.41. The molecule has 0 radical (unpaired) electrons. The lowest BCUT2D eigenvalue weighted by molar-refractivity contribution is 0.413. The van der Waals surface area contributed by atoms with E-state index in [4.69, 9.17) is 0 Å². The Morgan fingerprint density at radius 3 is 0.583 bits per heavy atom. The monoisotopic (exact) mass is 708 g/mol. The first-order valence-electron chi connectivity index (χ1n) is 12.2. The van der Waals surface area contributed by atoms with E-state index in [9.17, 15) is 52.7 Å². The van der Waals surface area contributed by atoms with Gasteiger partial charge < -0.3 is 4.32 Å². The third-order valence-electron chi connectivity index (χ3n) is 7.53. The number of benzene rings is 6. The Balaban J connectivity index is 1.98. The summed E-state index contributed by atoms with van der Waals surface area (Å²) in [5.41, 5.74) is -5.32. The molecular weight excluding hydrogens is 708 g/mol. The zero-order valence-corrected chi connectivity index (χ0v) is 21.8. The third-order valence-corrected chi connectivity index (χ3v) is 7.53. The van der Waals surface area contributed by atoms with Gasteiger partial charge in [-0.3, -0.25) is 0 Å². The minimum absolute atomic E-state index is 2.29. The summed E-state index contributed by atoms with van der Waals surface area (Å²) >= 11 is 0. The number of fused-ring (bicyclic) bond motifs is 6. The molecule has 0 nitrogen and oxygen atoms in total. The fraction of sp³-hybridized carbons (Fsp3) is 0. The highest BCUT2D eigenvalue weighted by Gasteiger charge is 2.42. The smallest absolute Gasteiger partial charge is 0.322 e. The van der Waals surface area contributed by atoms with Gasteiger partial charge >= 0.3 is 6.99 Å². The molecule has 0 spiro atoms. The molecule has 0 N–H and O–H groups in total. The second-order valence-electron chi connectivity index (χ2n) is 9.84. The van der Waals surface area contributed by atoms with Crippen LogP contribution in [0.1, 0.15) is 0 Å². The maximum atomic E-state index is 16.6. The third kappa shape index (κ3) is 3.84. The summed E-state index contributed by atoms with van der Waals surface area (Å²) in [7, 11) is 0. The second kappa shape index (κ2) is 10.5. The Labute approximate surface area is 249 Å². The Morgan fingerprint density at radius 1 is 0.188 bits per heavy atom. The molecule has 0 aliphatic heterocycles. The zero-order chi connectivity index (χ0) is 35.7. The summed E-state index contributed by atoms with van der Waals surface area (Å²) in [5.74, 6) is -53.1. The summed E-state index contributed by atoms with van der Waals surface area (Å²) in [4.78, 5) is 0. The predicted molar refractivity (Wildman–Crippen MR) is 128 cm³/mol. The summed E-state index contributed by atoms with van der Waals surface area (Å²) in [6, 6.07) is 0. The number of halogens is 19. The zero-order valence-electron chi connectivity index (χ0n) is 21.8. The van der Waals surface area contributed by atoms with Crippen molar-refractivity contribution in [1.29, 1.82) is 0 Å². The standard InChI is InChI=1S/C28BF19/c30-11-7-3(15(34)23(42)27(46)19(7)38)1-5(17(36)25(44)21(40)13(1)32)9(11)29(48)10-6-2(14(33)22(41)26(45)18(6)37)4-8(12(10)31)20(39)28(47)24(43)16(4)35. The van der Waals surface area contributed by atoms with Crippen molar-refractivity contribution < 1.29 is 83.3 Å². The molecule has 6 rings (SSSR count). The van der Waals surface area contributed by atoms with E-state index in [0.29, 0.717) is 0 Å². The van der Waals surface area contributed by atoms with Crippen molar-refractivity contribution in [2.75, 3.05) is 0 Å². The van der Waals surface area contributed by atoms with Crippen molar-refractivity contribution >= 4 is 61.0 Å². The van der Waals surface area contributed by atoms with E-state index in [2.05, 4.69) is 0 Å².